The molecule has 2 heterocycles. The number of halogens is 2. The minimum atomic E-state index is -1.87. The molecule has 0 bridgehead atoms. The van der Waals surface area contributed by atoms with Crippen molar-refractivity contribution in [3.05, 3.63) is 69.7 Å². The van der Waals surface area contributed by atoms with Crippen LogP contribution in [0.2, 0.25) is 0 Å². The van der Waals surface area contributed by atoms with Crippen molar-refractivity contribution in [2.45, 2.75) is 18.0 Å². The molecule has 0 atom stereocenters. The zero-order valence-corrected chi connectivity index (χ0v) is 16.2. The van der Waals surface area contributed by atoms with E-state index in [0.717, 1.165) is 20.0 Å². The summed E-state index contributed by atoms with van der Waals surface area (Å²) in [5.41, 5.74) is 5.66. The number of hydrogen-bond donors (Lipinski definition) is 1. The van der Waals surface area contributed by atoms with E-state index >= 15 is 0 Å². The van der Waals surface area contributed by atoms with Crippen molar-refractivity contribution in [3.63, 3.8) is 0 Å². The van der Waals surface area contributed by atoms with Gasteiger partial charge in [0.2, 0.25) is 0 Å². The smallest absolute Gasteiger partial charge is 0.327 e. The highest BCUT2D eigenvalue weighted by Gasteiger charge is 2.12. The van der Waals surface area contributed by atoms with Gasteiger partial charge in [-0.05, 0) is 36.1 Å². The lowest BCUT2D eigenvalue weighted by Gasteiger charge is -2.02. The van der Waals surface area contributed by atoms with Crippen LogP contribution >= 0.6 is 23.1 Å². The molecule has 0 radical (unpaired) electrons. The molecule has 0 aliphatic carbocycles. The molecule has 2 aromatic heterocycles. The summed E-state index contributed by atoms with van der Waals surface area (Å²) in [5, 5.41) is 3.91. The van der Waals surface area contributed by atoms with Crippen LogP contribution in [0.15, 0.2) is 64.1 Å². The molecule has 1 aromatic carbocycles. The van der Waals surface area contributed by atoms with Gasteiger partial charge in [0.1, 0.15) is 6.33 Å². The summed E-state index contributed by atoms with van der Waals surface area (Å²) >= 11 is 3.27. The lowest BCUT2D eigenvalue weighted by Crippen LogP contribution is -2.27. The second-order valence-corrected chi connectivity index (χ2v) is 7.81. The average molecular weight is 408 g/mol. The van der Waals surface area contributed by atoms with Crippen LogP contribution in [0.4, 0.5) is 8.78 Å². The summed E-state index contributed by atoms with van der Waals surface area (Å²) in [4.78, 5) is 15.6. The number of thioether (sulfide) groups is 1. The molecule has 0 saturated carbocycles. The zero-order chi connectivity index (χ0) is 19.4. The molecule has 0 spiro atoms. The molecule has 27 heavy (non-hydrogen) atoms. The van der Waals surface area contributed by atoms with Crippen LogP contribution in [0.5, 0.6) is 0 Å². The largest absolute Gasteiger partial charge is 0.346 e. The Kier molecular flexibility index (Phi) is 6.25. The highest BCUT2D eigenvalue weighted by atomic mass is 32.2. The number of nitrogens with zero attached hydrogens (tertiary/aromatic N) is 3. The first-order chi connectivity index (χ1) is 13.0. The molecule has 0 amide bonds. The number of hydrogen-bond acceptors (Lipinski definition) is 5. The maximum atomic E-state index is 12.7. The molecule has 0 aliphatic heterocycles. The third-order valence-electron chi connectivity index (χ3n) is 4.01. The van der Waals surface area contributed by atoms with Gasteiger partial charge in [-0.1, -0.05) is 12.1 Å². The fourth-order valence-corrected chi connectivity index (χ4v) is 3.93. The van der Waals surface area contributed by atoms with Crippen molar-refractivity contribution < 1.29 is 8.78 Å². The Bertz CT molecular complexity index is 1000. The van der Waals surface area contributed by atoms with E-state index in [4.69, 9.17) is 5.73 Å². The molecule has 2 N–H and O–H groups in total. The molecule has 5 nitrogen and oxygen atoms in total. The average Bonchev–Trinajstić information content (AvgIpc) is 3.28. The van der Waals surface area contributed by atoms with Crippen LogP contribution in [0.25, 0.3) is 10.4 Å². The van der Waals surface area contributed by atoms with E-state index < -0.39 is 11.8 Å². The summed E-state index contributed by atoms with van der Waals surface area (Å²) in [6, 6.07) is 12.2. The Morgan fingerprint density at radius 3 is 2.59 bits per heavy atom. The predicted molar refractivity (Wildman–Crippen MR) is 105 cm³/mol. The monoisotopic (exact) mass is 408 g/mol. The van der Waals surface area contributed by atoms with Gasteiger partial charge < -0.3 is 5.73 Å². The van der Waals surface area contributed by atoms with Gasteiger partial charge >= 0.3 is 5.69 Å². The summed E-state index contributed by atoms with van der Waals surface area (Å²) in [5.74, 6) is 0. The predicted octanol–water partition coefficient (Wildman–Crippen LogP) is 3.65. The molecule has 9 heteroatoms. The van der Waals surface area contributed by atoms with Gasteiger partial charge in [-0.15, -0.1) is 23.1 Å². The van der Waals surface area contributed by atoms with Crippen molar-refractivity contribution in [2.24, 2.45) is 5.73 Å². The van der Waals surface area contributed by atoms with E-state index in [1.165, 1.54) is 15.8 Å². The standard InChI is InChI=1S/C18H18F2N4OS2/c1-26-14-4-2-12(3-5-14)16-7-6-15(27-16)10-23-11-22-24(18(23)25)9-13(8-21)17(19)20/h2-7,11H,8-10,21H2,1H3. The third-order valence-corrected chi connectivity index (χ3v) is 5.88. The third kappa shape index (κ3) is 4.55. The lowest BCUT2D eigenvalue weighted by atomic mass is 10.2. The first kappa shape index (κ1) is 19.5. The van der Waals surface area contributed by atoms with E-state index in [9.17, 15) is 13.6 Å². The molecule has 0 unspecified atom stereocenters. The Hall–Kier alpha value is -2.23. The normalized spacial score (nSPS) is 11.0. The van der Waals surface area contributed by atoms with Gasteiger partial charge in [0.25, 0.3) is 6.08 Å². The maximum absolute atomic E-state index is 12.7. The van der Waals surface area contributed by atoms with E-state index in [1.807, 2.05) is 18.4 Å². The van der Waals surface area contributed by atoms with Gasteiger partial charge in [-0.25, -0.2) is 9.48 Å². The molecular weight excluding hydrogens is 390 g/mol. The fraction of sp³-hybridized carbons (Fsp3) is 0.222. The molecule has 0 fully saturated rings. The molecule has 3 aromatic rings. The Balaban J connectivity index is 1.76. The molecule has 3 rings (SSSR count). The SMILES string of the molecule is CSc1ccc(-c2ccc(Cn3cnn(CC(CN)=C(F)F)c3=O)s2)cc1. The lowest BCUT2D eigenvalue weighted by molar-refractivity contribution is 0.400. The summed E-state index contributed by atoms with van der Waals surface area (Å²) < 4.78 is 27.9. The second kappa shape index (κ2) is 8.64. The van der Waals surface area contributed by atoms with E-state index in [-0.39, 0.29) is 18.7 Å². The van der Waals surface area contributed by atoms with E-state index in [0.29, 0.717) is 6.54 Å². The second-order valence-electron chi connectivity index (χ2n) is 5.76. The Morgan fingerprint density at radius 2 is 1.96 bits per heavy atom. The first-order valence-corrected chi connectivity index (χ1v) is 10.1. The van der Waals surface area contributed by atoms with Crippen LogP contribution in [-0.2, 0) is 13.1 Å². The van der Waals surface area contributed by atoms with Crippen molar-refractivity contribution >= 4 is 23.1 Å². The fourth-order valence-electron chi connectivity index (χ4n) is 2.51. The summed E-state index contributed by atoms with van der Waals surface area (Å²) in [6.45, 7) is -0.278. The first-order valence-electron chi connectivity index (χ1n) is 8.10. The van der Waals surface area contributed by atoms with E-state index in [1.54, 1.807) is 23.1 Å². The van der Waals surface area contributed by atoms with Gasteiger partial charge in [-0.2, -0.15) is 13.9 Å². The zero-order valence-electron chi connectivity index (χ0n) is 14.6. The molecule has 0 aliphatic rings. The van der Waals surface area contributed by atoms with Gasteiger partial charge in [0, 0.05) is 26.8 Å². The van der Waals surface area contributed by atoms with E-state index in [2.05, 4.69) is 29.4 Å². The van der Waals surface area contributed by atoms with Crippen molar-refractivity contribution in [3.8, 4) is 10.4 Å². The Morgan fingerprint density at radius 1 is 1.22 bits per heavy atom. The van der Waals surface area contributed by atoms with Crippen LogP contribution in [0, 0.1) is 0 Å². The molecule has 0 saturated heterocycles. The van der Waals surface area contributed by atoms with Crippen LogP contribution in [0.3, 0.4) is 0 Å². The molecule has 142 valence electrons. The summed E-state index contributed by atoms with van der Waals surface area (Å²) in [7, 11) is 0. The number of nitrogens with two attached hydrogens (primary N) is 1. The van der Waals surface area contributed by atoms with Gasteiger partial charge in [0.15, 0.2) is 0 Å². The van der Waals surface area contributed by atoms with Crippen LogP contribution in [-0.4, -0.2) is 27.1 Å². The van der Waals surface area contributed by atoms with Gasteiger partial charge in [0.05, 0.1) is 13.1 Å². The highest BCUT2D eigenvalue weighted by molar-refractivity contribution is 7.98. The van der Waals surface area contributed by atoms with Gasteiger partial charge in [-0.3, -0.25) is 4.57 Å². The number of rotatable bonds is 7. The quantitative estimate of drug-likeness (QED) is 0.606. The Labute approximate surface area is 163 Å². The minimum Gasteiger partial charge on any atom is -0.327 e. The maximum Gasteiger partial charge on any atom is 0.346 e. The number of aromatic nitrogens is 3. The topological polar surface area (TPSA) is 65.8 Å². The summed E-state index contributed by atoms with van der Waals surface area (Å²) in [6.07, 6.45) is 1.53. The van der Waals surface area contributed by atoms with Crippen molar-refractivity contribution in [2.75, 3.05) is 12.8 Å². The van der Waals surface area contributed by atoms with Crippen molar-refractivity contribution in [1.29, 1.82) is 0 Å². The highest BCUT2D eigenvalue weighted by Crippen LogP contribution is 2.29. The van der Waals surface area contributed by atoms with Crippen molar-refractivity contribution in [1.82, 2.24) is 14.3 Å². The minimum absolute atomic E-state index is 0.297. The van der Waals surface area contributed by atoms with Crippen LogP contribution in [0.1, 0.15) is 4.88 Å². The van der Waals surface area contributed by atoms with Crippen LogP contribution < -0.4 is 11.4 Å². The number of benzene rings is 1. The molecular formula is C18H18F2N4OS2. The number of thiophene rings is 1.